The zero-order valence-electron chi connectivity index (χ0n) is 3.43. The fourth-order valence-electron chi connectivity index (χ4n) is 0. The van der Waals surface area contributed by atoms with Crippen molar-refractivity contribution in [1.82, 2.24) is 0 Å². The molecule has 0 amide bonds. The average Bonchev–Trinajstić information content (AvgIpc) is 0.811. The fraction of sp³-hybridized carbons (Fsp3) is 1.00. The van der Waals surface area contributed by atoms with Crippen molar-refractivity contribution in [2.24, 2.45) is 0 Å². The van der Waals surface area contributed by atoms with Crippen LogP contribution in [0.5, 0.6) is 0 Å². The summed E-state index contributed by atoms with van der Waals surface area (Å²) in [5, 5.41) is 16.6. The van der Waals surface area contributed by atoms with Gasteiger partial charge in [-0.2, -0.15) is 0 Å². The molecule has 0 heterocycles. The summed E-state index contributed by atoms with van der Waals surface area (Å²) in [6, 6.07) is 0. The molecule has 0 saturated heterocycles. The van der Waals surface area contributed by atoms with Crippen LogP contribution in [0.15, 0.2) is 0 Å². The molecule has 1 unspecified atom stereocenters. The third-order valence-corrected chi connectivity index (χ3v) is 0. The Bertz CT molecular complexity index is 12.4. The van der Waals surface area contributed by atoms with Gasteiger partial charge in [-0.05, 0) is 6.29 Å². The van der Waals surface area contributed by atoms with Gasteiger partial charge < -0.3 is 10.2 Å². The zero-order chi connectivity index (χ0) is 3.58. The molecule has 0 aromatic heterocycles. The van der Waals surface area contributed by atoms with E-state index in [0.29, 0.717) is 0 Å². The van der Waals surface area contributed by atoms with E-state index in [1.165, 1.54) is 6.92 Å². The molecule has 0 bridgehead atoms. The van der Waals surface area contributed by atoms with E-state index in [-0.39, 0.29) is 29.6 Å². The third kappa shape index (κ3) is 49.6. The predicted octanol–water partition coefficient (Wildman–Crippen LogP) is -4.31. The van der Waals surface area contributed by atoms with Crippen molar-refractivity contribution in [3.63, 3.8) is 0 Å². The minimum Gasteiger partial charge on any atom is -0.831 e. The van der Waals surface area contributed by atoms with Gasteiger partial charge in [0.05, 0.1) is 0 Å². The van der Waals surface area contributed by atoms with Gasteiger partial charge in [-0.1, -0.05) is 6.92 Å². The molecular formula is C2H5NaO2. The Hall–Kier alpha value is 0.920. The summed E-state index contributed by atoms with van der Waals surface area (Å²) in [5.74, 6) is 0. The summed E-state index contributed by atoms with van der Waals surface area (Å²) in [5.41, 5.74) is 0. The topological polar surface area (TPSA) is 43.3 Å². The quantitative estimate of drug-likeness (QED) is 0.238. The summed E-state index contributed by atoms with van der Waals surface area (Å²) in [6.45, 7) is 1.17. The summed E-state index contributed by atoms with van der Waals surface area (Å²) >= 11 is 0. The Kier molecular flexibility index (Phi) is 9.18. The molecule has 5 heavy (non-hydrogen) atoms. The van der Waals surface area contributed by atoms with Crippen molar-refractivity contribution in [3.05, 3.63) is 0 Å². The number of rotatable bonds is 0. The molecule has 1 N–H and O–H groups in total. The maximum Gasteiger partial charge on any atom is 1.00 e. The van der Waals surface area contributed by atoms with Crippen LogP contribution in [0.4, 0.5) is 0 Å². The second-order valence-corrected chi connectivity index (χ2v) is 0.599. The van der Waals surface area contributed by atoms with E-state index in [9.17, 15) is 0 Å². The van der Waals surface area contributed by atoms with Crippen molar-refractivity contribution in [2.75, 3.05) is 0 Å². The van der Waals surface area contributed by atoms with E-state index in [2.05, 4.69) is 0 Å². The van der Waals surface area contributed by atoms with Gasteiger partial charge >= 0.3 is 29.6 Å². The molecular weight excluding hydrogens is 79.0 g/mol. The number of aliphatic hydroxyl groups is 1. The normalized spacial score (nSPS) is 12.6. The molecule has 0 aliphatic rings. The fourth-order valence-corrected chi connectivity index (χ4v) is 0. The molecule has 0 aromatic carbocycles. The first kappa shape index (κ1) is 9.33. The van der Waals surface area contributed by atoms with Crippen LogP contribution in [0.3, 0.4) is 0 Å². The number of aliphatic hydroxyl groups excluding tert-OH is 1. The van der Waals surface area contributed by atoms with Crippen molar-refractivity contribution >= 4 is 0 Å². The molecule has 0 radical (unpaired) electrons. The van der Waals surface area contributed by atoms with E-state index in [1.807, 2.05) is 0 Å². The van der Waals surface area contributed by atoms with Crippen LogP contribution in [0.25, 0.3) is 0 Å². The molecule has 0 aliphatic heterocycles. The monoisotopic (exact) mass is 84.0 g/mol. The van der Waals surface area contributed by atoms with Gasteiger partial charge in [-0.3, -0.25) is 0 Å². The SMILES string of the molecule is CC([O-])O.[Na+]. The second kappa shape index (κ2) is 4.92. The van der Waals surface area contributed by atoms with Crippen LogP contribution in [0, 0.1) is 0 Å². The number of hydrogen-bond donors (Lipinski definition) is 1. The van der Waals surface area contributed by atoms with Crippen LogP contribution < -0.4 is 34.7 Å². The second-order valence-electron chi connectivity index (χ2n) is 0.599. The van der Waals surface area contributed by atoms with Crippen LogP contribution in [-0.2, 0) is 0 Å². The third-order valence-electron chi connectivity index (χ3n) is 0. The van der Waals surface area contributed by atoms with Gasteiger partial charge in [0, 0.05) is 0 Å². The molecule has 0 aromatic rings. The van der Waals surface area contributed by atoms with Crippen LogP contribution in [0.1, 0.15) is 6.92 Å². The van der Waals surface area contributed by atoms with Crippen molar-refractivity contribution < 1.29 is 39.8 Å². The molecule has 0 spiro atoms. The Morgan fingerprint density at radius 2 is 1.80 bits per heavy atom. The van der Waals surface area contributed by atoms with Gasteiger partial charge in [0.15, 0.2) is 0 Å². The summed E-state index contributed by atoms with van der Waals surface area (Å²) in [6.07, 6.45) is -1.42. The standard InChI is InChI=1S/C2H5O2.Na/c1-2(3)4;/h2-3H,1H3;/q-1;+1. The smallest absolute Gasteiger partial charge is 0.831 e. The van der Waals surface area contributed by atoms with Gasteiger partial charge in [0.25, 0.3) is 0 Å². The average molecular weight is 84.0 g/mol. The van der Waals surface area contributed by atoms with Crippen molar-refractivity contribution in [1.29, 1.82) is 0 Å². The molecule has 0 rings (SSSR count). The Labute approximate surface area is 53.1 Å². The first-order valence-electron chi connectivity index (χ1n) is 1.07. The molecule has 1 atom stereocenters. The van der Waals surface area contributed by atoms with Crippen LogP contribution in [0.2, 0.25) is 0 Å². The zero-order valence-corrected chi connectivity index (χ0v) is 5.43. The summed E-state index contributed by atoms with van der Waals surface area (Å²) < 4.78 is 0. The molecule has 0 fully saturated rings. The van der Waals surface area contributed by atoms with Gasteiger partial charge in [-0.15, -0.1) is 0 Å². The predicted molar refractivity (Wildman–Crippen MR) is 11.7 cm³/mol. The van der Waals surface area contributed by atoms with Crippen LogP contribution >= 0.6 is 0 Å². The molecule has 3 heteroatoms. The minimum absolute atomic E-state index is 0. The molecule has 2 nitrogen and oxygen atoms in total. The molecule has 0 saturated carbocycles. The summed E-state index contributed by atoms with van der Waals surface area (Å²) in [7, 11) is 0. The molecule has 26 valence electrons. The van der Waals surface area contributed by atoms with Gasteiger partial charge in [0.2, 0.25) is 0 Å². The van der Waals surface area contributed by atoms with E-state index >= 15 is 0 Å². The van der Waals surface area contributed by atoms with Gasteiger partial charge in [0.1, 0.15) is 0 Å². The van der Waals surface area contributed by atoms with Crippen molar-refractivity contribution in [3.8, 4) is 0 Å². The first-order valence-corrected chi connectivity index (χ1v) is 1.07. The van der Waals surface area contributed by atoms with E-state index < -0.39 is 6.29 Å². The Morgan fingerprint density at radius 1 is 1.80 bits per heavy atom. The first-order chi connectivity index (χ1) is 1.73. The van der Waals surface area contributed by atoms with E-state index in [0.717, 1.165) is 0 Å². The van der Waals surface area contributed by atoms with Crippen molar-refractivity contribution in [2.45, 2.75) is 13.2 Å². The maximum absolute atomic E-state index is 9.08. The largest absolute Gasteiger partial charge is 1.00 e. The Morgan fingerprint density at radius 3 is 1.80 bits per heavy atom. The van der Waals surface area contributed by atoms with Gasteiger partial charge in [-0.25, -0.2) is 0 Å². The van der Waals surface area contributed by atoms with E-state index in [4.69, 9.17) is 10.2 Å². The number of hydrogen-bond acceptors (Lipinski definition) is 2. The Balaban J connectivity index is 0. The van der Waals surface area contributed by atoms with E-state index in [1.54, 1.807) is 0 Å². The summed E-state index contributed by atoms with van der Waals surface area (Å²) in [4.78, 5) is 0. The maximum atomic E-state index is 9.08. The molecule has 0 aliphatic carbocycles. The minimum atomic E-state index is -1.42. The van der Waals surface area contributed by atoms with Crippen LogP contribution in [-0.4, -0.2) is 11.4 Å².